The quantitative estimate of drug-likeness (QED) is 0.743. The standard InChI is InChI=1S/C15H8BrNO3/c16-8-5-6-12(18)11(7-8)17-13-14(19)9-3-1-2-4-10(9)15(13)20/h1-7,18H. The van der Waals surface area contributed by atoms with Gasteiger partial charge in [-0.2, -0.15) is 0 Å². The lowest BCUT2D eigenvalue weighted by Crippen LogP contribution is -2.31. The van der Waals surface area contributed by atoms with Crippen LogP contribution in [0.1, 0.15) is 0 Å². The summed E-state index contributed by atoms with van der Waals surface area (Å²) in [4.78, 5) is 28.4. The van der Waals surface area contributed by atoms with Crippen LogP contribution in [-0.2, 0) is 0 Å². The van der Waals surface area contributed by atoms with Gasteiger partial charge in [-0.1, -0.05) is 40.2 Å². The molecule has 0 unspecified atom stereocenters. The van der Waals surface area contributed by atoms with Crippen LogP contribution in [0.15, 0.2) is 61.5 Å². The molecule has 1 N–H and O–H groups in total. The molecule has 0 bridgehead atoms. The fourth-order valence-corrected chi connectivity index (χ4v) is 2.39. The molecule has 0 radical (unpaired) electrons. The highest BCUT2D eigenvalue weighted by molar-refractivity contribution is 9.10. The van der Waals surface area contributed by atoms with Crippen molar-refractivity contribution in [1.29, 1.82) is 0 Å². The predicted molar refractivity (Wildman–Crippen MR) is 79.9 cm³/mol. The summed E-state index contributed by atoms with van der Waals surface area (Å²) in [5.41, 5.74) is -0.640. The zero-order valence-corrected chi connectivity index (χ0v) is 11.7. The third-order valence-electron chi connectivity index (χ3n) is 3.02. The molecule has 3 aromatic carbocycles. The lowest BCUT2D eigenvalue weighted by atomic mass is 10.2. The van der Waals surface area contributed by atoms with Crippen molar-refractivity contribution in [3.8, 4) is 5.75 Å². The van der Waals surface area contributed by atoms with Crippen LogP contribution in [0.3, 0.4) is 0 Å². The molecule has 0 saturated carbocycles. The van der Waals surface area contributed by atoms with E-state index in [4.69, 9.17) is 0 Å². The summed E-state index contributed by atoms with van der Waals surface area (Å²) in [6, 6.07) is 11.2. The number of phenols is 1. The fraction of sp³-hybridized carbons (Fsp3) is 0. The van der Waals surface area contributed by atoms with Crippen molar-refractivity contribution in [1.82, 2.24) is 0 Å². The van der Waals surface area contributed by atoms with Crippen LogP contribution in [0.2, 0.25) is 0 Å². The summed E-state index contributed by atoms with van der Waals surface area (Å²) >= 11 is 3.25. The van der Waals surface area contributed by atoms with Gasteiger partial charge in [0.05, 0.1) is 0 Å². The number of fused-ring (bicyclic) bond motifs is 1. The number of halogens is 1. The summed E-state index contributed by atoms with van der Waals surface area (Å²) in [5.74, 6) is -0.0859. The number of hydrogen-bond donors (Lipinski definition) is 1. The highest BCUT2D eigenvalue weighted by Crippen LogP contribution is 2.28. The van der Waals surface area contributed by atoms with Gasteiger partial charge in [-0.25, -0.2) is 4.99 Å². The van der Waals surface area contributed by atoms with Crippen molar-refractivity contribution in [3.05, 3.63) is 72.7 Å². The molecule has 0 atom stereocenters. The molecule has 20 heavy (non-hydrogen) atoms. The Morgan fingerprint density at radius 3 is 2.15 bits per heavy atom. The topological polar surface area (TPSA) is 66.7 Å². The van der Waals surface area contributed by atoms with Crippen LogP contribution < -0.4 is 16.2 Å². The van der Waals surface area contributed by atoms with Crippen LogP contribution in [0.4, 0.5) is 5.69 Å². The molecule has 4 nitrogen and oxygen atoms in total. The fourth-order valence-electron chi connectivity index (χ4n) is 2.05. The van der Waals surface area contributed by atoms with E-state index in [1.165, 1.54) is 6.07 Å². The molecule has 0 aromatic heterocycles. The van der Waals surface area contributed by atoms with Crippen molar-refractivity contribution < 1.29 is 5.11 Å². The number of rotatable bonds is 1. The molecule has 3 aromatic rings. The Kier molecular flexibility index (Phi) is 2.99. The van der Waals surface area contributed by atoms with Crippen LogP contribution in [0.25, 0.3) is 10.8 Å². The third-order valence-corrected chi connectivity index (χ3v) is 3.51. The average Bonchev–Trinajstić information content (AvgIpc) is 2.68. The Morgan fingerprint density at radius 1 is 0.950 bits per heavy atom. The molecule has 3 rings (SSSR count). The maximum absolute atomic E-state index is 12.2. The Hall–Kier alpha value is -2.27. The third kappa shape index (κ3) is 1.96. The van der Waals surface area contributed by atoms with E-state index < -0.39 is 10.9 Å². The number of hydrogen-bond acceptors (Lipinski definition) is 4. The van der Waals surface area contributed by atoms with Gasteiger partial charge in [-0.05, 0) is 18.2 Å². The summed E-state index contributed by atoms with van der Waals surface area (Å²) in [5, 5.41) is 10.3. The van der Waals surface area contributed by atoms with Crippen molar-refractivity contribution in [2.75, 3.05) is 0 Å². The van der Waals surface area contributed by atoms with Gasteiger partial charge in [0.1, 0.15) is 11.4 Å². The summed E-state index contributed by atoms with van der Waals surface area (Å²) in [6.45, 7) is 0. The minimum Gasteiger partial charge on any atom is -0.506 e. The van der Waals surface area contributed by atoms with Crippen LogP contribution in [0.5, 0.6) is 5.75 Å². The van der Waals surface area contributed by atoms with Crippen LogP contribution >= 0.6 is 15.9 Å². The maximum atomic E-state index is 12.2. The first kappa shape index (κ1) is 12.7. The molecule has 0 aliphatic rings. The summed E-state index contributed by atoms with van der Waals surface area (Å²) in [6.07, 6.45) is 0. The van der Waals surface area contributed by atoms with E-state index in [2.05, 4.69) is 20.9 Å². The van der Waals surface area contributed by atoms with Gasteiger partial charge < -0.3 is 5.11 Å². The molecule has 0 aliphatic carbocycles. The van der Waals surface area contributed by atoms with Gasteiger partial charge in [-0.15, -0.1) is 0 Å². The summed E-state index contributed by atoms with van der Waals surface area (Å²) in [7, 11) is 0. The lowest BCUT2D eigenvalue weighted by molar-refractivity contribution is 0.476. The number of phenolic OH excluding ortho intramolecular Hbond substituents is 1. The number of nitrogens with zero attached hydrogens (tertiary/aromatic N) is 1. The van der Waals surface area contributed by atoms with Gasteiger partial charge in [-0.3, -0.25) is 9.59 Å². The first-order chi connectivity index (χ1) is 9.58. The average molecular weight is 330 g/mol. The molecule has 5 heteroatoms. The summed E-state index contributed by atoms with van der Waals surface area (Å²) < 4.78 is 0.699. The van der Waals surface area contributed by atoms with Gasteiger partial charge >= 0.3 is 0 Å². The van der Waals surface area contributed by atoms with Gasteiger partial charge in [0.2, 0.25) is 10.9 Å². The van der Waals surface area contributed by atoms with Gasteiger partial charge in [0.25, 0.3) is 0 Å². The Balaban J connectivity index is 2.41. The smallest absolute Gasteiger partial charge is 0.216 e. The van der Waals surface area contributed by atoms with Crippen LogP contribution in [-0.4, -0.2) is 5.11 Å². The van der Waals surface area contributed by atoms with E-state index in [1.807, 2.05) is 0 Å². The number of aromatic hydroxyl groups is 1. The molecule has 98 valence electrons. The highest BCUT2D eigenvalue weighted by Gasteiger charge is 2.10. The van der Waals surface area contributed by atoms with E-state index in [0.29, 0.717) is 15.2 Å². The van der Waals surface area contributed by atoms with Crippen molar-refractivity contribution in [3.63, 3.8) is 0 Å². The van der Waals surface area contributed by atoms with E-state index in [1.54, 1.807) is 36.4 Å². The van der Waals surface area contributed by atoms with E-state index in [-0.39, 0.29) is 16.8 Å². The molecule has 0 spiro atoms. The molecule has 0 amide bonds. The zero-order chi connectivity index (χ0) is 14.3. The molecular formula is C15H8BrNO3. The lowest BCUT2D eigenvalue weighted by Gasteiger charge is -1.97. The minimum atomic E-state index is -0.412. The Morgan fingerprint density at radius 2 is 1.55 bits per heavy atom. The van der Waals surface area contributed by atoms with Crippen LogP contribution in [0, 0.1) is 0 Å². The van der Waals surface area contributed by atoms with E-state index in [0.717, 1.165) is 0 Å². The monoisotopic (exact) mass is 329 g/mol. The van der Waals surface area contributed by atoms with Gasteiger partial charge in [0.15, 0.2) is 5.36 Å². The van der Waals surface area contributed by atoms with Crippen molar-refractivity contribution in [2.45, 2.75) is 0 Å². The molecule has 0 heterocycles. The normalized spacial score (nSPS) is 10.8. The highest BCUT2D eigenvalue weighted by atomic mass is 79.9. The SMILES string of the molecule is O=c1c(=Nc2cc(Br)ccc2O)c(=O)c2ccccc12. The zero-order valence-electron chi connectivity index (χ0n) is 10.1. The minimum absolute atomic E-state index is 0.0859. The van der Waals surface area contributed by atoms with Crippen molar-refractivity contribution in [2.24, 2.45) is 4.99 Å². The second-order valence-electron chi connectivity index (χ2n) is 4.30. The Bertz CT molecular complexity index is 919. The number of benzene rings is 2. The van der Waals surface area contributed by atoms with E-state index >= 15 is 0 Å². The second-order valence-corrected chi connectivity index (χ2v) is 5.21. The molecule has 0 saturated heterocycles. The van der Waals surface area contributed by atoms with Gasteiger partial charge in [0, 0.05) is 15.2 Å². The molecular weight excluding hydrogens is 322 g/mol. The molecule has 0 aliphatic heterocycles. The van der Waals surface area contributed by atoms with E-state index in [9.17, 15) is 14.7 Å². The predicted octanol–water partition coefficient (Wildman–Crippen LogP) is 2.14. The maximum Gasteiger partial charge on any atom is 0.216 e. The Labute approximate surface area is 121 Å². The largest absolute Gasteiger partial charge is 0.506 e. The second kappa shape index (κ2) is 4.68. The first-order valence-electron chi connectivity index (χ1n) is 5.83. The van der Waals surface area contributed by atoms with Crippen molar-refractivity contribution >= 4 is 32.4 Å². The first-order valence-corrected chi connectivity index (χ1v) is 6.63. The molecule has 0 fully saturated rings.